The predicted molar refractivity (Wildman–Crippen MR) is 73.1 cm³/mol. The molecule has 0 spiro atoms. The van der Waals surface area contributed by atoms with Gasteiger partial charge < -0.3 is 4.57 Å². The fourth-order valence-electron chi connectivity index (χ4n) is 2.20. The van der Waals surface area contributed by atoms with Crippen molar-refractivity contribution >= 4 is 17.1 Å². The van der Waals surface area contributed by atoms with Crippen molar-refractivity contribution in [2.24, 2.45) is 12.9 Å². The third kappa shape index (κ3) is 1.75. The molecule has 0 aliphatic carbocycles. The average molecular weight is 266 g/mol. The molecule has 0 aliphatic heterocycles. The van der Waals surface area contributed by atoms with E-state index in [4.69, 9.17) is 5.84 Å². The predicted octanol–water partition coefficient (Wildman–Crippen LogP) is -0.217. The van der Waals surface area contributed by atoms with Crippen molar-refractivity contribution in [1.29, 1.82) is 0 Å². The Balaban J connectivity index is 3.09. The minimum absolute atomic E-state index is 0.103. The third-order valence-electron chi connectivity index (χ3n) is 3.15. The van der Waals surface area contributed by atoms with Crippen LogP contribution in [0.25, 0.3) is 11.2 Å². The molecule has 0 aliphatic rings. The summed E-state index contributed by atoms with van der Waals surface area (Å²) in [4.78, 5) is 28.9. The van der Waals surface area contributed by atoms with Crippen LogP contribution in [-0.4, -0.2) is 18.7 Å². The largest absolute Gasteiger partial charge is 0.332 e. The molecule has 2 rings (SSSR count). The molecule has 0 saturated carbocycles. The van der Waals surface area contributed by atoms with Crippen LogP contribution in [0.3, 0.4) is 0 Å². The van der Waals surface area contributed by atoms with Gasteiger partial charge in [0, 0.05) is 19.6 Å². The summed E-state index contributed by atoms with van der Waals surface area (Å²) in [5.41, 5.74) is 2.44. The second-order valence-corrected chi connectivity index (χ2v) is 4.61. The number of imidazole rings is 1. The molecule has 2 aromatic heterocycles. The number of anilines is 1. The van der Waals surface area contributed by atoms with Gasteiger partial charge in [-0.15, -0.1) is 0 Å². The molecule has 0 unspecified atom stereocenters. The summed E-state index contributed by atoms with van der Waals surface area (Å²) < 4.78 is 4.26. The molecular formula is C11H18N6O2. The summed E-state index contributed by atoms with van der Waals surface area (Å²) in [6, 6.07) is -0.103. The van der Waals surface area contributed by atoms with E-state index >= 15 is 0 Å². The van der Waals surface area contributed by atoms with Crippen molar-refractivity contribution in [1.82, 2.24) is 18.7 Å². The second kappa shape index (κ2) is 4.54. The van der Waals surface area contributed by atoms with Gasteiger partial charge in [0.1, 0.15) is 0 Å². The lowest BCUT2D eigenvalue weighted by atomic mass is 10.3. The summed E-state index contributed by atoms with van der Waals surface area (Å²) in [6.07, 6.45) is 0. The van der Waals surface area contributed by atoms with Gasteiger partial charge in [-0.3, -0.25) is 19.4 Å². The summed E-state index contributed by atoms with van der Waals surface area (Å²) in [7, 11) is 1.68. The Morgan fingerprint density at radius 1 is 1.37 bits per heavy atom. The van der Waals surface area contributed by atoms with Gasteiger partial charge in [0.25, 0.3) is 5.56 Å². The Hall–Kier alpha value is -2.09. The molecule has 2 aromatic rings. The third-order valence-corrected chi connectivity index (χ3v) is 3.15. The lowest BCUT2D eigenvalue weighted by Crippen LogP contribution is -2.40. The summed E-state index contributed by atoms with van der Waals surface area (Å²) >= 11 is 0. The van der Waals surface area contributed by atoms with Crippen LogP contribution < -0.4 is 22.5 Å². The average Bonchev–Trinajstić information content (AvgIpc) is 2.66. The maximum absolute atomic E-state index is 12.3. The Morgan fingerprint density at radius 2 is 2.00 bits per heavy atom. The Morgan fingerprint density at radius 3 is 2.47 bits per heavy atom. The maximum Gasteiger partial charge on any atom is 0.332 e. The first kappa shape index (κ1) is 13.3. The van der Waals surface area contributed by atoms with Gasteiger partial charge in [-0.05, 0) is 20.8 Å². The SMILES string of the molecule is CCn1c(=O)c2c(nc(NN)n2C)n(C(C)C)c1=O. The maximum atomic E-state index is 12.3. The van der Waals surface area contributed by atoms with Gasteiger partial charge in [0.2, 0.25) is 5.95 Å². The molecule has 104 valence electrons. The zero-order chi connectivity index (χ0) is 14.3. The van der Waals surface area contributed by atoms with Gasteiger partial charge in [0.15, 0.2) is 11.2 Å². The van der Waals surface area contributed by atoms with E-state index in [-0.39, 0.29) is 17.3 Å². The number of aryl methyl sites for hydroxylation is 1. The highest BCUT2D eigenvalue weighted by molar-refractivity contribution is 5.74. The van der Waals surface area contributed by atoms with Crippen molar-refractivity contribution in [3.8, 4) is 0 Å². The highest BCUT2D eigenvalue weighted by Gasteiger charge is 2.20. The number of nitrogens with zero attached hydrogens (tertiary/aromatic N) is 4. The molecule has 0 bridgehead atoms. The van der Waals surface area contributed by atoms with E-state index in [2.05, 4.69) is 10.4 Å². The number of hydrazine groups is 1. The molecule has 0 amide bonds. The highest BCUT2D eigenvalue weighted by atomic mass is 16.2. The van der Waals surface area contributed by atoms with E-state index in [0.29, 0.717) is 23.7 Å². The minimum Gasteiger partial charge on any atom is -0.306 e. The molecule has 2 heterocycles. The number of nitrogens with one attached hydrogen (secondary N) is 1. The van der Waals surface area contributed by atoms with Crippen LogP contribution >= 0.6 is 0 Å². The zero-order valence-corrected chi connectivity index (χ0v) is 11.5. The van der Waals surface area contributed by atoms with Crippen molar-refractivity contribution in [3.63, 3.8) is 0 Å². The summed E-state index contributed by atoms with van der Waals surface area (Å²) in [5, 5.41) is 0. The Kier molecular flexibility index (Phi) is 3.19. The summed E-state index contributed by atoms with van der Waals surface area (Å²) in [5.74, 6) is 5.71. The van der Waals surface area contributed by atoms with E-state index < -0.39 is 0 Å². The van der Waals surface area contributed by atoms with Crippen LogP contribution in [0.4, 0.5) is 5.95 Å². The number of fused-ring (bicyclic) bond motifs is 1. The van der Waals surface area contributed by atoms with Crippen LogP contribution in [-0.2, 0) is 13.6 Å². The fraction of sp³-hybridized carbons (Fsp3) is 0.545. The van der Waals surface area contributed by atoms with Crippen LogP contribution in [0.2, 0.25) is 0 Å². The Labute approximate surface area is 109 Å². The molecule has 3 N–H and O–H groups in total. The molecule has 8 heteroatoms. The smallest absolute Gasteiger partial charge is 0.306 e. The molecule has 8 nitrogen and oxygen atoms in total. The lowest BCUT2D eigenvalue weighted by molar-refractivity contribution is 0.533. The van der Waals surface area contributed by atoms with Crippen LogP contribution in [0, 0.1) is 0 Å². The number of nitrogens with two attached hydrogens (primary N) is 1. The normalized spacial score (nSPS) is 11.5. The molecule has 0 fully saturated rings. The van der Waals surface area contributed by atoms with Gasteiger partial charge in [-0.1, -0.05) is 0 Å². The molecule has 0 saturated heterocycles. The first-order chi connectivity index (χ1) is 8.93. The van der Waals surface area contributed by atoms with Crippen LogP contribution in [0.15, 0.2) is 9.59 Å². The van der Waals surface area contributed by atoms with Gasteiger partial charge >= 0.3 is 5.69 Å². The van der Waals surface area contributed by atoms with Gasteiger partial charge in [0.05, 0.1) is 0 Å². The first-order valence-corrected chi connectivity index (χ1v) is 6.12. The minimum atomic E-state index is -0.351. The molecule has 19 heavy (non-hydrogen) atoms. The van der Waals surface area contributed by atoms with Crippen molar-refractivity contribution in [2.45, 2.75) is 33.4 Å². The Bertz CT molecular complexity index is 736. The zero-order valence-electron chi connectivity index (χ0n) is 11.5. The quantitative estimate of drug-likeness (QED) is 0.591. The molecule has 0 aromatic carbocycles. The van der Waals surface area contributed by atoms with Crippen molar-refractivity contribution in [3.05, 3.63) is 20.8 Å². The molecular weight excluding hydrogens is 248 g/mol. The molecule has 0 atom stereocenters. The number of rotatable bonds is 3. The van der Waals surface area contributed by atoms with Crippen LogP contribution in [0.5, 0.6) is 0 Å². The second-order valence-electron chi connectivity index (χ2n) is 4.61. The topological polar surface area (TPSA) is 99.9 Å². The first-order valence-electron chi connectivity index (χ1n) is 6.12. The number of hydrogen-bond acceptors (Lipinski definition) is 5. The monoisotopic (exact) mass is 266 g/mol. The van der Waals surface area contributed by atoms with E-state index in [0.717, 1.165) is 0 Å². The number of aromatic nitrogens is 4. The van der Waals surface area contributed by atoms with E-state index in [9.17, 15) is 9.59 Å². The standard InChI is InChI=1S/C11H18N6O2/c1-5-16-9(18)7-8(13-10(14-12)15(7)4)17(6(2)3)11(16)19/h6H,5,12H2,1-4H3,(H,13,14). The van der Waals surface area contributed by atoms with E-state index in [1.807, 2.05) is 13.8 Å². The van der Waals surface area contributed by atoms with Crippen LogP contribution in [0.1, 0.15) is 26.8 Å². The summed E-state index contributed by atoms with van der Waals surface area (Å²) in [6.45, 7) is 5.82. The van der Waals surface area contributed by atoms with Gasteiger partial charge in [-0.25, -0.2) is 10.6 Å². The number of hydrogen-bond donors (Lipinski definition) is 2. The number of nitrogen functional groups attached to an aromatic ring is 1. The van der Waals surface area contributed by atoms with E-state index in [1.54, 1.807) is 18.5 Å². The highest BCUT2D eigenvalue weighted by Crippen LogP contribution is 2.15. The fourth-order valence-corrected chi connectivity index (χ4v) is 2.20. The van der Waals surface area contributed by atoms with Crippen molar-refractivity contribution < 1.29 is 0 Å². The van der Waals surface area contributed by atoms with Gasteiger partial charge in [-0.2, -0.15) is 4.98 Å². The van der Waals surface area contributed by atoms with E-state index in [1.165, 1.54) is 9.13 Å². The van der Waals surface area contributed by atoms with Crippen molar-refractivity contribution in [2.75, 3.05) is 5.43 Å². The molecule has 0 radical (unpaired) electrons. The lowest BCUT2D eigenvalue weighted by Gasteiger charge is -2.13.